The summed E-state index contributed by atoms with van der Waals surface area (Å²) in [5.41, 5.74) is 0.975. The van der Waals surface area contributed by atoms with E-state index in [2.05, 4.69) is 22.9 Å². The van der Waals surface area contributed by atoms with Crippen LogP contribution in [0.3, 0.4) is 0 Å². The minimum Gasteiger partial charge on any atom is -0.369 e. The van der Waals surface area contributed by atoms with E-state index in [-0.39, 0.29) is 36.1 Å². The lowest BCUT2D eigenvalue weighted by molar-refractivity contribution is -0.146. The first-order valence-corrected chi connectivity index (χ1v) is 10.3. The summed E-state index contributed by atoms with van der Waals surface area (Å²) in [6.45, 7) is 3.43. The number of anilines is 2. The number of likely N-dealkylation sites (tertiary alicyclic amines) is 1. The summed E-state index contributed by atoms with van der Waals surface area (Å²) in [7, 11) is 0. The molecular weight excluding hydrogens is 411 g/mol. The zero-order chi connectivity index (χ0) is 18.6. The van der Waals surface area contributed by atoms with Crippen LogP contribution in [0.4, 0.5) is 11.4 Å². The van der Waals surface area contributed by atoms with Crippen LogP contribution in [0.15, 0.2) is 24.3 Å². The van der Waals surface area contributed by atoms with Gasteiger partial charge >= 0.3 is 0 Å². The van der Waals surface area contributed by atoms with Crippen LogP contribution in [0.1, 0.15) is 45.4 Å². The molecule has 1 aromatic rings. The van der Waals surface area contributed by atoms with Crippen LogP contribution in [0.5, 0.6) is 0 Å². The van der Waals surface area contributed by atoms with Gasteiger partial charge in [-0.2, -0.15) is 0 Å². The van der Waals surface area contributed by atoms with Crippen molar-refractivity contribution in [2.24, 2.45) is 5.41 Å². The van der Waals surface area contributed by atoms with Crippen molar-refractivity contribution in [1.82, 2.24) is 10.2 Å². The number of hydrogen-bond donors (Lipinski definition) is 3. The Balaban J connectivity index is 0.00000120. The first-order chi connectivity index (χ1) is 13.1. The van der Waals surface area contributed by atoms with Crippen molar-refractivity contribution < 1.29 is 9.59 Å². The van der Waals surface area contributed by atoms with Gasteiger partial charge in [0, 0.05) is 25.2 Å². The molecule has 3 atom stereocenters. The molecular formula is C21H30Cl2N4O2. The molecule has 2 amide bonds. The van der Waals surface area contributed by atoms with E-state index in [1.807, 2.05) is 29.2 Å². The molecule has 0 aliphatic carbocycles. The molecule has 4 aliphatic rings. The van der Waals surface area contributed by atoms with Crippen LogP contribution >= 0.6 is 24.8 Å². The Hall–Kier alpha value is -1.50. The highest BCUT2D eigenvalue weighted by atomic mass is 35.5. The summed E-state index contributed by atoms with van der Waals surface area (Å²) in [6, 6.07) is 8.66. The van der Waals surface area contributed by atoms with Crippen molar-refractivity contribution in [3.05, 3.63) is 24.3 Å². The normalized spacial score (nSPS) is 31.2. The average Bonchev–Trinajstić information content (AvgIpc) is 3.31. The minimum absolute atomic E-state index is 0. The second-order valence-corrected chi connectivity index (χ2v) is 8.71. The van der Waals surface area contributed by atoms with Gasteiger partial charge < -0.3 is 20.9 Å². The van der Waals surface area contributed by atoms with Crippen molar-refractivity contribution in [1.29, 1.82) is 0 Å². The van der Waals surface area contributed by atoms with Gasteiger partial charge in [0.05, 0.1) is 16.8 Å². The van der Waals surface area contributed by atoms with Crippen molar-refractivity contribution in [2.45, 2.75) is 63.1 Å². The van der Waals surface area contributed by atoms with Crippen LogP contribution in [0, 0.1) is 5.41 Å². The van der Waals surface area contributed by atoms with Crippen LogP contribution in [0.2, 0.25) is 0 Å². The van der Waals surface area contributed by atoms with E-state index in [0.717, 1.165) is 30.6 Å². The molecule has 3 saturated heterocycles. The maximum Gasteiger partial charge on any atom is 0.250 e. The number of fused-ring (bicyclic) bond motifs is 3. The van der Waals surface area contributed by atoms with E-state index in [1.165, 1.54) is 6.42 Å². The Labute approximate surface area is 184 Å². The summed E-state index contributed by atoms with van der Waals surface area (Å²) >= 11 is 0. The van der Waals surface area contributed by atoms with Crippen molar-refractivity contribution in [3.63, 3.8) is 0 Å². The molecule has 160 valence electrons. The van der Waals surface area contributed by atoms with Crippen LogP contribution in [0.25, 0.3) is 0 Å². The quantitative estimate of drug-likeness (QED) is 0.659. The molecule has 1 aromatic carbocycles. The number of amides is 2. The lowest BCUT2D eigenvalue weighted by Crippen LogP contribution is -2.61. The van der Waals surface area contributed by atoms with E-state index >= 15 is 0 Å². The highest BCUT2D eigenvalue weighted by Crippen LogP contribution is 2.47. The lowest BCUT2D eigenvalue weighted by Gasteiger charge is -2.47. The Morgan fingerprint density at radius 1 is 1.14 bits per heavy atom. The number of nitrogens with one attached hydrogen (secondary N) is 3. The van der Waals surface area contributed by atoms with Crippen LogP contribution in [-0.4, -0.2) is 47.4 Å². The summed E-state index contributed by atoms with van der Waals surface area (Å²) in [5, 5.41) is 10.2. The first kappa shape index (κ1) is 22.2. The standard InChI is InChI=1S/C21H28N4O2.2ClH/c1-2-20(13-14-7-8-17(20)22-14)19(27)25-11-9-21(10-12-25)18(26)23-15-5-3-4-6-16(15)24-21;;/h3-6,14,17,22,24H,2,7-13H2,1H3,(H,23,26);2*1H/t14-,17+,20+;;/m0../s1. The van der Waals surface area contributed by atoms with Gasteiger partial charge in [-0.15, -0.1) is 24.8 Å². The van der Waals surface area contributed by atoms with E-state index in [0.29, 0.717) is 43.9 Å². The number of halogens is 2. The van der Waals surface area contributed by atoms with Crippen LogP contribution < -0.4 is 16.0 Å². The summed E-state index contributed by atoms with van der Waals surface area (Å²) < 4.78 is 0. The number of piperidine rings is 1. The molecule has 0 radical (unpaired) electrons. The number of nitrogens with zero attached hydrogens (tertiary/aromatic N) is 1. The van der Waals surface area contributed by atoms with E-state index in [1.54, 1.807) is 0 Å². The molecule has 1 spiro atoms. The molecule has 6 nitrogen and oxygen atoms in total. The average molecular weight is 441 g/mol. The topological polar surface area (TPSA) is 73.5 Å². The van der Waals surface area contributed by atoms with Gasteiger partial charge in [-0.05, 0) is 50.7 Å². The van der Waals surface area contributed by atoms with Crippen molar-refractivity contribution in [3.8, 4) is 0 Å². The minimum atomic E-state index is -0.600. The van der Waals surface area contributed by atoms with E-state index in [9.17, 15) is 9.59 Å². The van der Waals surface area contributed by atoms with Gasteiger partial charge in [-0.1, -0.05) is 19.1 Å². The Morgan fingerprint density at radius 3 is 2.41 bits per heavy atom. The molecule has 0 saturated carbocycles. The second-order valence-electron chi connectivity index (χ2n) is 8.71. The Kier molecular flexibility index (Phi) is 6.10. The molecule has 8 heteroatoms. The second kappa shape index (κ2) is 7.97. The molecule has 0 unspecified atom stereocenters. The molecule has 4 aliphatic heterocycles. The predicted octanol–water partition coefficient (Wildman–Crippen LogP) is 3.18. The van der Waals surface area contributed by atoms with Crippen LogP contribution in [-0.2, 0) is 9.59 Å². The van der Waals surface area contributed by atoms with Gasteiger partial charge in [-0.25, -0.2) is 0 Å². The SMILES string of the molecule is CC[C@@]1(C(=O)N2CCC3(CC2)Nc2ccccc2NC3=O)C[C@@H]2CC[C@H]1N2.Cl.Cl. The third-order valence-corrected chi connectivity index (χ3v) is 7.46. The fourth-order valence-electron chi connectivity index (χ4n) is 5.79. The molecule has 3 N–H and O–H groups in total. The molecule has 29 heavy (non-hydrogen) atoms. The smallest absolute Gasteiger partial charge is 0.250 e. The van der Waals surface area contributed by atoms with E-state index in [4.69, 9.17) is 0 Å². The van der Waals surface area contributed by atoms with Gasteiger partial charge in [-0.3, -0.25) is 9.59 Å². The highest BCUT2D eigenvalue weighted by Gasteiger charge is 2.56. The summed E-state index contributed by atoms with van der Waals surface area (Å²) in [5.74, 6) is 0.330. The molecule has 5 rings (SSSR count). The van der Waals surface area contributed by atoms with Gasteiger partial charge in [0.1, 0.15) is 5.54 Å². The fourth-order valence-corrected chi connectivity index (χ4v) is 5.79. The molecule has 4 heterocycles. The summed E-state index contributed by atoms with van der Waals surface area (Å²) in [6.07, 6.45) is 5.49. The number of carbonyl (C=O) groups excluding carboxylic acids is 2. The van der Waals surface area contributed by atoms with E-state index < -0.39 is 5.54 Å². The number of benzene rings is 1. The monoisotopic (exact) mass is 440 g/mol. The predicted molar refractivity (Wildman–Crippen MR) is 119 cm³/mol. The number of para-hydroxylation sites is 2. The van der Waals surface area contributed by atoms with Gasteiger partial charge in [0.15, 0.2) is 0 Å². The van der Waals surface area contributed by atoms with Crippen molar-refractivity contribution >= 4 is 48.0 Å². The summed E-state index contributed by atoms with van der Waals surface area (Å²) in [4.78, 5) is 28.3. The zero-order valence-corrected chi connectivity index (χ0v) is 18.3. The number of rotatable bonds is 2. The Bertz CT molecular complexity index is 797. The Morgan fingerprint density at radius 2 is 1.83 bits per heavy atom. The molecule has 3 fully saturated rings. The third kappa shape index (κ3) is 3.29. The van der Waals surface area contributed by atoms with Gasteiger partial charge in [0.25, 0.3) is 0 Å². The lowest BCUT2D eigenvalue weighted by atomic mass is 9.70. The number of hydrogen-bond acceptors (Lipinski definition) is 4. The maximum atomic E-state index is 13.5. The van der Waals surface area contributed by atoms with Gasteiger partial charge in [0.2, 0.25) is 11.8 Å². The maximum absolute atomic E-state index is 13.5. The largest absolute Gasteiger partial charge is 0.369 e. The molecule has 2 bridgehead atoms. The van der Waals surface area contributed by atoms with Crippen molar-refractivity contribution in [2.75, 3.05) is 23.7 Å². The fraction of sp³-hybridized carbons (Fsp3) is 0.619. The third-order valence-electron chi connectivity index (χ3n) is 7.46. The molecule has 0 aromatic heterocycles. The zero-order valence-electron chi connectivity index (χ0n) is 16.7. The highest BCUT2D eigenvalue weighted by molar-refractivity contribution is 6.06. The first-order valence-electron chi connectivity index (χ1n) is 10.3. The number of carbonyl (C=O) groups is 2.